The van der Waals surface area contributed by atoms with Gasteiger partial charge in [0.25, 0.3) is 11.8 Å². The van der Waals surface area contributed by atoms with Gasteiger partial charge in [-0.1, -0.05) is 18.2 Å². The second kappa shape index (κ2) is 8.92. The second-order valence-electron chi connectivity index (χ2n) is 7.70. The first-order chi connectivity index (χ1) is 15.5. The van der Waals surface area contributed by atoms with Crippen LogP contribution >= 0.6 is 0 Å². The number of rotatable bonds is 6. The Morgan fingerprint density at radius 3 is 2.06 bits per heavy atom. The van der Waals surface area contributed by atoms with Crippen LogP contribution < -0.4 is 19.1 Å². The average Bonchev–Trinajstić information content (AvgIpc) is 3.08. The molecule has 32 heavy (non-hydrogen) atoms. The number of ether oxygens (including phenoxy) is 3. The zero-order valence-corrected chi connectivity index (χ0v) is 18.8. The molecule has 1 fully saturated rings. The molecule has 2 aliphatic rings. The molecule has 0 N–H and O–H groups in total. The molecule has 2 aromatic rings. The van der Waals surface area contributed by atoms with Gasteiger partial charge < -0.3 is 24.0 Å². The summed E-state index contributed by atoms with van der Waals surface area (Å²) in [5, 5.41) is 0. The highest BCUT2D eigenvalue weighted by Crippen LogP contribution is 2.40. The molecule has 8 nitrogen and oxygen atoms in total. The summed E-state index contributed by atoms with van der Waals surface area (Å²) in [5.74, 6) is 0.766. The third-order valence-corrected chi connectivity index (χ3v) is 5.88. The van der Waals surface area contributed by atoms with Gasteiger partial charge in [0, 0.05) is 37.8 Å². The molecule has 2 amide bonds. The largest absolute Gasteiger partial charge is 0.496 e. The molecule has 168 valence electrons. The van der Waals surface area contributed by atoms with Gasteiger partial charge in [0.2, 0.25) is 0 Å². The number of hydrogen-bond acceptors (Lipinski definition) is 7. The normalized spacial score (nSPS) is 17.2. The number of carbonyl (C=O) groups is 2. The number of benzene rings is 2. The van der Waals surface area contributed by atoms with Crippen molar-refractivity contribution in [2.75, 3.05) is 59.5 Å². The molecule has 1 saturated heterocycles. The van der Waals surface area contributed by atoms with E-state index in [1.807, 2.05) is 30.1 Å². The second-order valence-corrected chi connectivity index (χ2v) is 7.70. The van der Waals surface area contributed by atoms with Crippen molar-refractivity contribution < 1.29 is 23.8 Å². The van der Waals surface area contributed by atoms with Gasteiger partial charge in [-0.15, -0.1) is 0 Å². The predicted octanol–water partition coefficient (Wildman–Crippen LogP) is 2.24. The van der Waals surface area contributed by atoms with Crippen molar-refractivity contribution in [2.45, 2.75) is 0 Å². The molecule has 0 unspecified atom stereocenters. The number of methoxy groups -OCH3 is 3. The summed E-state index contributed by atoms with van der Waals surface area (Å²) >= 11 is 0. The van der Waals surface area contributed by atoms with Gasteiger partial charge in [-0.25, -0.2) is 4.90 Å². The van der Waals surface area contributed by atoms with E-state index < -0.39 is 0 Å². The molecular formula is C24H27N3O5. The maximum Gasteiger partial charge on any atom is 0.282 e. The fraction of sp³-hybridized carbons (Fsp3) is 0.333. The predicted molar refractivity (Wildman–Crippen MR) is 121 cm³/mol. The Morgan fingerprint density at radius 2 is 1.41 bits per heavy atom. The van der Waals surface area contributed by atoms with Crippen LogP contribution in [0.1, 0.15) is 5.56 Å². The van der Waals surface area contributed by atoms with E-state index in [0.717, 1.165) is 13.1 Å². The Labute approximate surface area is 187 Å². The van der Waals surface area contributed by atoms with E-state index in [9.17, 15) is 9.59 Å². The molecule has 0 aromatic heterocycles. The highest BCUT2D eigenvalue weighted by molar-refractivity contribution is 6.45. The fourth-order valence-corrected chi connectivity index (χ4v) is 4.13. The average molecular weight is 437 g/mol. The number of amides is 2. The van der Waals surface area contributed by atoms with Crippen LogP contribution in [0.3, 0.4) is 0 Å². The lowest BCUT2D eigenvalue weighted by molar-refractivity contribution is -0.120. The van der Waals surface area contributed by atoms with E-state index in [0.29, 0.717) is 52.9 Å². The topological polar surface area (TPSA) is 71.5 Å². The van der Waals surface area contributed by atoms with Gasteiger partial charge in [-0.3, -0.25) is 9.59 Å². The van der Waals surface area contributed by atoms with Crippen molar-refractivity contribution >= 4 is 23.1 Å². The molecule has 2 aliphatic heterocycles. The van der Waals surface area contributed by atoms with E-state index in [1.165, 1.54) is 19.1 Å². The van der Waals surface area contributed by atoms with Crippen LogP contribution in [-0.4, -0.2) is 76.2 Å². The molecular weight excluding hydrogens is 410 g/mol. The van der Waals surface area contributed by atoms with Crippen LogP contribution in [0.15, 0.2) is 48.2 Å². The lowest BCUT2D eigenvalue weighted by Crippen LogP contribution is -2.46. The van der Waals surface area contributed by atoms with Crippen molar-refractivity contribution in [3.63, 3.8) is 0 Å². The Bertz CT molecular complexity index is 1070. The fourth-order valence-electron chi connectivity index (χ4n) is 4.13. The highest BCUT2D eigenvalue weighted by Gasteiger charge is 2.44. The van der Waals surface area contributed by atoms with Crippen molar-refractivity contribution in [3.8, 4) is 17.2 Å². The summed E-state index contributed by atoms with van der Waals surface area (Å²) in [6.45, 7) is 2.92. The van der Waals surface area contributed by atoms with E-state index >= 15 is 0 Å². The lowest BCUT2D eigenvalue weighted by atomic mass is 10.0. The molecule has 0 aliphatic carbocycles. The smallest absolute Gasteiger partial charge is 0.282 e. The maximum atomic E-state index is 13.7. The van der Waals surface area contributed by atoms with Crippen LogP contribution in [0.4, 0.5) is 5.69 Å². The Kier molecular flexibility index (Phi) is 6.05. The van der Waals surface area contributed by atoms with Crippen LogP contribution in [0, 0.1) is 0 Å². The minimum Gasteiger partial charge on any atom is -0.496 e. The summed E-state index contributed by atoms with van der Waals surface area (Å²) in [4.78, 5) is 32.9. The number of para-hydroxylation sites is 1. The van der Waals surface area contributed by atoms with Crippen molar-refractivity contribution in [1.29, 1.82) is 0 Å². The number of piperazine rings is 1. The number of imide groups is 1. The van der Waals surface area contributed by atoms with Crippen molar-refractivity contribution in [1.82, 2.24) is 9.80 Å². The molecule has 0 spiro atoms. The van der Waals surface area contributed by atoms with Gasteiger partial charge in [0.05, 0.1) is 32.6 Å². The van der Waals surface area contributed by atoms with Crippen LogP contribution in [0.5, 0.6) is 17.2 Å². The Hall–Kier alpha value is -3.52. The monoisotopic (exact) mass is 437 g/mol. The zero-order chi connectivity index (χ0) is 22.8. The molecule has 0 saturated carbocycles. The number of hydrogen-bond donors (Lipinski definition) is 0. The van der Waals surface area contributed by atoms with Crippen LogP contribution in [-0.2, 0) is 9.59 Å². The first-order valence-electron chi connectivity index (χ1n) is 10.4. The number of likely N-dealkylation sites (N-methyl/N-ethyl adjacent to an activating group) is 1. The van der Waals surface area contributed by atoms with Gasteiger partial charge in [0.15, 0.2) is 11.5 Å². The molecule has 2 aromatic carbocycles. The summed E-state index contributed by atoms with van der Waals surface area (Å²) in [6.07, 6.45) is 0. The maximum absolute atomic E-state index is 13.7. The first kappa shape index (κ1) is 21.7. The summed E-state index contributed by atoms with van der Waals surface area (Å²) in [5.41, 5.74) is 1.79. The lowest BCUT2D eigenvalue weighted by Gasteiger charge is -2.34. The first-order valence-corrected chi connectivity index (χ1v) is 10.4. The number of carbonyl (C=O) groups excluding carboxylic acids is 2. The highest BCUT2D eigenvalue weighted by atomic mass is 16.5. The quantitative estimate of drug-likeness (QED) is 0.642. The Morgan fingerprint density at radius 1 is 0.750 bits per heavy atom. The standard InChI is InChI=1S/C24H27N3O5/c1-25-11-13-26(14-12-25)22-21(17-7-5-6-8-18(17)30-2)23(28)27(24(22)29)16-9-10-19(31-3)20(15-16)32-4/h5-10,15H,11-14H2,1-4H3. The summed E-state index contributed by atoms with van der Waals surface area (Å²) in [6, 6.07) is 12.3. The minimum atomic E-state index is -0.388. The molecule has 0 bridgehead atoms. The third kappa shape index (κ3) is 3.67. The molecule has 8 heteroatoms. The van der Waals surface area contributed by atoms with Crippen molar-refractivity contribution in [3.05, 3.63) is 53.7 Å². The molecule has 0 atom stereocenters. The zero-order valence-electron chi connectivity index (χ0n) is 18.8. The van der Waals surface area contributed by atoms with Gasteiger partial charge >= 0.3 is 0 Å². The van der Waals surface area contributed by atoms with Gasteiger partial charge in [-0.05, 0) is 25.2 Å². The third-order valence-electron chi connectivity index (χ3n) is 5.88. The van der Waals surface area contributed by atoms with Crippen molar-refractivity contribution in [2.24, 2.45) is 0 Å². The van der Waals surface area contributed by atoms with E-state index in [2.05, 4.69) is 4.90 Å². The Balaban J connectivity index is 1.83. The summed E-state index contributed by atoms with van der Waals surface area (Å²) < 4.78 is 16.2. The SMILES string of the molecule is COc1ccc(N2C(=O)C(c3ccccc3OC)=C(N3CCN(C)CC3)C2=O)cc1OC. The summed E-state index contributed by atoms with van der Waals surface area (Å²) in [7, 11) is 6.66. The van der Waals surface area contributed by atoms with Gasteiger partial charge in [-0.2, -0.15) is 0 Å². The van der Waals surface area contributed by atoms with E-state index in [-0.39, 0.29) is 11.8 Å². The molecule has 4 rings (SSSR count). The number of anilines is 1. The van der Waals surface area contributed by atoms with Crippen LogP contribution in [0.25, 0.3) is 5.57 Å². The molecule has 2 heterocycles. The molecule has 0 radical (unpaired) electrons. The number of nitrogens with zero attached hydrogens (tertiary/aromatic N) is 3. The van der Waals surface area contributed by atoms with Gasteiger partial charge in [0.1, 0.15) is 11.4 Å². The van der Waals surface area contributed by atoms with Crippen LogP contribution in [0.2, 0.25) is 0 Å². The van der Waals surface area contributed by atoms with E-state index in [4.69, 9.17) is 14.2 Å². The van der Waals surface area contributed by atoms with E-state index in [1.54, 1.807) is 31.4 Å². The minimum absolute atomic E-state index is 0.354.